The molecule has 0 aliphatic heterocycles. The Balaban J connectivity index is 2.23. The maximum Gasteiger partial charge on any atom is 0.240 e. The van der Waals surface area contributed by atoms with Gasteiger partial charge >= 0.3 is 0 Å². The van der Waals surface area contributed by atoms with Crippen molar-refractivity contribution in [2.45, 2.75) is 33.2 Å². The number of aryl methyl sites for hydroxylation is 2. The molecular weight excluding hydrogens is 304 g/mol. The van der Waals surface area contributed by atoms with Gasteiger partial charge < -0.3 is 20.5 Å². The Kier molecular flexibility index (Phi) is 5.82. The molecule has 3 N–H and O–H groups in total. The van der Waals surface area contributed by atoms with Crippen LogP contribution in [-0.4, -0.2) is 19.1 Å². The van der Waals surface area contributed by atoms with Gasteiger partial charge in [-0.3, -0.25) is 4.79 Å². The summed E-state index contributed by atoms with van der Waals surface area (Å²) in [6.45, 7) is 5.67. The number of hydrogen-bond donors (Lipinski definition) is 2. The van der Waals surface area contributed by atoms with Crippen LogP contribution in [-0.2, 0) is 11.2 Å². The minimum atomic E-state index is -0.550. The van der Waals surface area contributed by atoms with Crippen LogP contribution < -0.4 is 20.5 Å². The van der Waals surface area contributed by atoms with Gasteiger partial charge in [0, 0.05) is 11.8 Å². The first-order valence-electron chi connectivity index (χ1n) is 7.96. The number of amides is 1. The molecule has 0 radical (unpaired) electrons. The Morgan fingerprint density at radius 1 is 1.21 bits per heavy atom. The van der Waals surface area contributed by atoms with Crippen LogP contribution in [0.15, 0.2) is 36.4 Å². The summed E-state index contributed by atoms with van der Waals surface area (Å²) in [5.41, 5.74) is 8.34. The van der Waals surface area contributed by atoms with Crippen LogP contribution in [0, 0.1) is 6.92 Å². The monoisotopic (exact) mass is 328 g/mol. The average Bonchev–Trinajstić information content (AvgIpc) is 2.57. The zero-order chi connectivity index (χ0) is 17.7. The van der Waals surface area contributed by atoms with Crippen LogP contribution >= 0.6 is 0 Å². The molecule has 1 amide bonds. The Bertz CT molecular complexity index is 727. The van der Waals surface area contributed by atoms with Gasteiger partial charge in [0.1, 0.15) is 17.2 Å². The number of carbonyl (C=O) groups is 1. The van der Waals surface area contributed by atoms with E-state index in [0.29, 0.717) is 11.4 Å². The number of anilines is 1. The lowest BCUT2D eigenvalue weighted by Crippen LogP contribution is -2.32. The molecule has 0 saturated heterocycles. The molecule has 1 atom stereocenters. The number of rotatable bonds is 6. The highest BCUT2D eigenvalue weighted by Gasteiger charge is 2.11. The molecule has 2 rings (SSSR count). The predicted octanol–water partition coefficient (Wildman–Crippen LogP) is 3.64. The highest BCUT2D eigenvalue weighted by atomic mass is 16.5. The van der Waals surface area contributed by atoms with Crippen molar-refractivity contribution in [2.75, 3.05) is 12.4 Å². The lowest BCUT2D eigenvalue weighted by molar-refractivity contribution is -0.117. The summed E-state index contributed by atoms with van der Waals surface area (Å²) in [4.78, 5) is 11.7. The van der Waals surface area contributed by atoms with Crippen LogP contribution in [0.1, 0.15) is 25.0 Å². The zero-order valence-electron chi connectivity index (χ0n) is 14.6. The van der Waals surface area contributed by atoms with E-state index in [-0.39, 0.29) is 5.91 Å². The molecule has 0 spiro atoms. The fourth-order valence-corrected chi connectivity index (χ4v) is 2.28. The first kappa shape index (κ1) is 17.8. The van der Waals surface area contributed by atoms with Crippen molar-refractivity contribution in [1.29, 1.82) is 0 Å². The molecule has 0 aliphatic rings. The minimum Gasteiger partial charge on any atom is -0.496 e. The molecule has 2 aromatic carbocycles. The van der Waals surface area contributed by atoms with Crippen molar-refractivity contribution < 1.29 is 14.3 Å². The van der Waals surface area contributed by atoms with Gasteiger partial charge in [-0.2, -0.15) is 0 Å². The second-order valence-electron chi connectivity index (χ2n) is 5.69. The average molecular weight is 328 g/mol. The van der Waals surface area contributed by atoms with Gasteiger partial charge in [0.25, 0.3) is 0 Å². The number of carbonyl (C=O) groups excluding carboxylic acids is 1. The third-order valence-electron chi connectivity index (χ3n) is 3.73. The molecule has 5 heteroatoms. The molecule has 2 aromatic rings. The molecule has 5 nitrogen and oxygen atoms in total. The van der Waals surface area contributed by atoms with Crippen molar-refractivity contribution >= 4 is 11.6 Å². The van der Waals surface area contributed by atoms with E-state index in [0.717, 1.165) is 29.0 Å². The fourth-order valence-electron chi connectivity index (χ4n) is 2.28. The standard InChI is InChI=1S/C19H24N2O3/c1-5-14-10-15(21-19(22)13(3)20)7-9-17(14)24-16-8-6-12(2)18(11-16)23-4/h6-11,13H,5,20H2,1-4H3,(H,21,22). The van der Waals surface area contributed by atoms with Crippen LogP contribution in [0.3, 0.4) is 0 Å². The number of hydrogen-bond acceptors (Lipinski definition) is 4. The van der Waals surface area contributed by atoms with E-state index in [1.807, 2.05) is 44.2 Å². The Morgan fingerprint density at radius 2 is 1.96 bits per heavy atom. The van der Waals surface area contributed by atoms with E-state index < -0.39 is 6.04 Å². The SMILES string of the molecule is CCc1cc(NC(=O)C(C)N)ccc1Oc1ccc(C)c(OC)c1. The highest BCUT2D eigenvalue weighted by Crippen LogP contribution is 2.31. The van der Waals surface area contributed by atoms with E-state index in [1.54, 1.807) is 20.1 Å². The summed E-state index contributed by atoms with van der Waals surface area (Å²) in [7, 11) is 1.64. The summed E-state index contributed by atoms with van der Waals surface area (Å²) in [6, 6.07) is 10.7. The number of methoxy groups -OCH3 is 1. The molecule has 1 unspecified atom stereocenters. The summed E-state index contributed by atoms with van der Waals surface area (Å²) < 4.78 is 11.3. The quantitative estimate of drug-likeness (QED) is 0.849. The minimum absolute atomic E-state index is 0.214. The number of nitrogens with two attached hydrogens (primary N) is 1. The Morgan fingerprint density at radius 3 is 2.58 bits per heavy atom. The third-order valence-corrected chi connectivity index (χ3v) is 3.73. The second kappa shape index (κ2) is 7.84. The molecular formula is C19H24N2O3. The summed E-state index contributed by atoms with van der Waals surface area (Å²) in [5, 5.41) is 2.79. The van der Waals surface area contributed by atoms with Gasteiger partial charge in [-0.25, -0.2) is 0 Å². The molecule has 0 heterocycles. The Labute approximate surface area is 142 Å². The van der Waals surface area contributed by atoms with Gasteiger partial charge in [-0.15, -0.1) is 0 Å². The molecule has 0 fully saturated rings. The van der Waals surface area contributed by atoms with Crippen LogP contribution in [0.2, 0.25) is 0 Å². The third kappa shape index (κ3) is 4.26. The van der Waals surface area contributed by atoms with Gasteiger partial charge in [0.05, 0.1) is 13.2 Å². The highest BCUT2D eigenvalue weighted by molar-refractivity contribution is 5.94. The van der Waals surface area contributed by atoms with Crippen molar-refractivity contribution in [1.82, 2.24) is 0 Å². The van der Waals surface area contributed by atoms with E-state index in [1.165, 1.54) is 0 Å². The molecule has 24 heavy (non-hydrogen) atoms. The smallest absolute Gasteiger partial charge is 0.240 e. The number of ether oxygens (including phenoxy) is 2. The van der Waals surface area contributed by atoms with Crippen LogP contribution in [0.5, 0.6) is 17.2 Å². The van der Waals surface area contributed by atoms with Gasteiger partial charge in [0.15, 0.2) is 0 Å². The maximum atomic E-state index is 11.7. The summed E-state index contributed by atoms with van der Waals surface area (Å²) in [5.74, 6) is 2.03. The normalized spacial score (nSPS) is 11.7. The molecule has 0 aliphatic carbocycles. The van der Waals surface area contributed by atoms with E-state index in [9.17, 15) is 4.79 Å². The first-order chi connectivity index (χ1) is 11.4. The lowest BCUT2D eigenvalue weighted by atomic mass is 10.1. The van der Waals surface area contributed by atoms with E-state index in [2.05, 4.69) is 5.32 Å². The summed E-state index contributed by atoms with van der Waals surface area (Å²) in [6.07, 6.45) is 0.778. The first-order valence-corrected chi connectivity index (χ1v) is 7.96. The molecule has 0 bridgehead atoms. The fraction of sp³-hybridized carbons (Fsp3) is 0.316. The van der Waals surface area contributed by atoms with Crippen molar-refractivity contribution in [2.24, 2.45) is 5.73 Å². The van der Waals surface area contributed by atoms with Crippen molar-refractivity contribution in [3.05, 3.63) is 47.5 Å². The van der Waals surface area contributed by atoms with Gasteiger partial charge in [0.2, 0.25) is 5.91 Å². The van der Waals surface area contributed by atoms with Gasteiger partial charge in [-0.05, 0) is 55.7 Å². The van der Waals surface area contributed by atoms with Crippen LogP contribution in [0.25, 0.3) is 0 Å². The lowest BCUT2D eigenvalue weighted by Gasteiger charge is -2.14. The Hall–Kier alpha value is -2.53. The largest absolute Gasteiger partial charge is 0.496 e. The van der Waals surface area contributed by atoms with Crippen molar-refractivity contribution in [3.8, 4) is 17.2 Å². The maximum absolute atomic E-state index is 11.7. The topological polar surface area (TPSA) is 73.6 Å². The van der Waals surface area contributed by atoms with Gasteiger partial charge in [-0.1, -0.05) is 13.0 Å². The number of benzene rings is 2. The molecule has 128 valence electrons. The summed E-state index contributed by atoms with van der Waals surface area (Å²) >= 11 is 0. The molecule has 0 saturated carbocycles. The zero-order valence-corrected chi connectivity index (χ0v) is 14.6. The molecule has 0 aromatic heterocycles. The van der Waals surface area contributed by atoms with E-state index >= 15 is 0 Å². The number of nitrogens with one attached hydrogen (secondary N) is 1. The predicted molar refractivity (Wildman–Crippen MR) is 95.9 cm³/mol. The van der Waals surface area contributed by atoms with Crippen molar-refractivity contribution in [3.63, 3.8) is 0 Å². The van der Waals surface area contributed by atoms with Crippen LogP contribution in [0.4, 0.5) is 5.69 Å². The second-order valence-corrected chi connectivity index (χ2v) is 5.69. The van der Waals surface area contributed by atoms with E-state index in [4.69, 9.17) is 15.2 Å².